The molecule has 1 atom stereocenters. The molecule has 0 bridgehead atoms. The lowest BCUT2D eigenvalue weighted by Crippen LogP contribution is -2.52. The van der Waals surface area contributed by atoms with Crippen LogP contribution in [-0.2, 0) is 29.1 Å². The molecule has 0 aromatic heterocycles. The summed E-state index contributed by atoms with van der Waals surface area (Å²) in [6, 6.07) is 19.0. The highest BCUT2D eigenvalue weighted by Crippen LogP contribution is 2.21. The largest absolute Gasteiger partial charge is 0.445 e. The number of hydrazine groups is 1. The lowest BCUT2D eigenvalue weighted by atomic mass is 10.1. The predicted molar refractivity (Wildman–Crippen MR) is 132 cm³/mol. The van der Waals surface area contributed by atoms with Gasteiger partial charge in [-0.25, -0.2) is 23.6 Å². The first kappa shape index (κ1) is 26.6. The fourth-order valence-electron chi connectivity index (χ4n) is 3.38. The predicted octanol–water partition coefficient (Wildman–Crippen LogP) is 4.92. The smallest absolute Gasteiger partial charge is 0.408 e. The molecule has 0 aliphatic heterocycles. The number of likely N-dealkylation sites (N-methyl/N-ethyl adjacent to an activating group) is 1. The summed E-state index contributed by atoms with van der Waals surface area (Å²) in [5.41, 5.74) is 1.14. The lowest BCUT2D eigenvalue weighted by molar-refractivity contribution is -0.144. The van der Waals surface area contributed by atoms with Gasteiger partial charge in [0.2, 0.25) is 0 Å². The van der Waals surface area contributed by atoms with Crippen LogP contribution in [-0.4, -0.2) is 35.1 Å². The second-order valence-electron chi connectivity index (χ2n) is 7.82. The molecule has 36 heavy (non-hydrogen) atoms. The fourth-order valence-corrected chi connectivity index (χ4v) is 3.78. The number of halogens is 3. The van der Waals surface area contributed by atoms with Gasteiger partial charge in [0.1, 0.15) is 24.3 Å². The molecule has 0 spiro atoms. The Morgan fingerprint density at radius 1 is 1.03 bits per heavy atom. The third kappa shape index (κ3) is 7.26. The number of nitrogens with one attached hydrogen (secondary N) is 1. The summed E-state index contributed by atoms with van der Waals surface area (Å²) in [6.07, 6.45) is 1.05. The Labute approximate surface area is 216 Å². The number of rotatable bonds is 9. The van der Waals surface area contributed by atoms with Crippen molar-refractivity contribution >= 4 is 27.9 Å². The first-order valence-corrected chi connectivity index (χ1v) is 11.7. The molecular formula is C26H23BrF2N4O3. The highest BCUT2D eigenvalue weighted by molar-refractivity contribution is 9.10. The number of amides is 2. The average molecular weight is 557 g/mol. The van der Waals surface area contributed by atoms with Crippen LogP contribution >= 0.6 is 15.9 Å². The Kier molecular flexibility index (Phi) is 9.36. The van der Waals surface area contributed by atoms with Crippen molar-refractivity contribution in [3.63, 3.8) is 0 Å². The maximum absolute atomic E-state index is 14.3. The number of nitrogens with zero attached hydrogens (tertiary/aromatic N) is 3. The Bertz CT molecular complexity index is 1220. The number of ether oxygens (including phenoxy) is 1. The summed E-state index contributed by atoms with van der Waals surface area (Å²) in [6.45, 7) is -0.526. The quantitative estimate of drug-likeness (QED) is 0.229. The zero-order valence-electron chi connectivity index (χ0n) is 19.3. The van der Waals surface area contributed by atoms with Gasteiger partial charge in [-0.1, -0.05) is 76.6 Å². The van der Waals surface area contributed by atoms with Gasteiger partial charge in [0.15, 0.2) is 6.19 Å². The summed E-state index contributed by atoms with van der Waals surface area (Å²) in [7, 11) is 1.29. The van der Waals surface area contributed by atoms with Gasteiger partial charge in [-0.05, 0) is 23.3 Å². The van der Waals surface area contributed by atoms with Crippen LogP contribution in [0.5, 0.6) is 0 Å². The normalized spacial score (nSPS) is 11.2. The molecule has 3 aromatic rings. The second-order valence-corrected chi connectivity index (χ2v) is 8.73. The molecule has 0 fully saturated rings. The topological polar surface area (TPSA) is 85.7 Å². The van der Waals surface area contributed by atoms with Gasteiger partial charge in [0.05, 0.1) is 6.54 Å². The molecule has 0 unspecified atom stereocenters. The van der Waals surface area contributed by atoms with Crippen molar-refractivity contribution < 1.29 is 23.1 Å². The van der Waals surface area contributed by atoms with Gasteiger partial charge in [-0.2, -0.15) is 5.26 Å². The van der Waals surface area contributed by atoms with Gasteiger partial charge in [0.25, 0.3) is 5.91 Å². The van der Waals surface area contributed by atoms with Crippen LogP contribution < -0.4 is 5.32 Å². The Balaban J connectivity index is 1.76. The number of hydrogen-bond donors (Lipinski definition) is 1. The first-order chi connectivity index (χ1) is 17.3. The summed E-state index contributed by atoms with van der Waals surface area (Å²) in [4.78, 5) is 25.8. The Hall–Kier alpha value is -3.97. The van der Waals surface area contributed by atoms with Crippen molar-refractivity contribution in [3.8, 4) is 6.19 Å². The number of alkyl carbamates (subject to hydrolysis) is 1. The van der Waals surface area contributed by atoms with Crippen LogP contribution in [0, 0.1) is 23.1 Å². The van der Waals surface area contributed by atoms with E-state index in [0.717, 1.165) is 33.3 Å². The van der Waals surface area contributed by atoms with E-state index in [-0.39, 0.29) is 23.1 Å². The van der Waals surface area contributed by atoms with Crippen LogP contribution in [0.4, 0.5) is 13.6 Å². The highest BCUT2D eigenvalue weighted by atomic mass is 79.9. The minimum absolute atomic E-state index is 0.00119. The molecule has 10 heteroatoms. The zero-order valence-corrected chi connectivity index (χ0v) is 20.9. The van der Waals surface area contributed by atoms with Gasteiger partial charge in [0, 0.05) is 23.5 Å². The zero-order chi connectivity index (χ0) is 26.1. The molecule has 0 saturated carbocycles. The number of carbonyl (C=O) groups excluding carboxylic acids is 2. The standard InChI is InChI=1S/C26H23BrF2N4O3/c1-32(33(17-30)15-21-22(28)13-20(27)14-23(21)29)25(34)24(12-18-8-4-2-5-9-18)31-26(35)36-16-19-10-6-3-7-11-19/h2-11,13-14,24H,12,15-16H2,1H3,(H,31,35)/t24-/m0/s1. The molecule has 0 aliphatic rings. The number of nitriles is 1. The van der Waals surface area contributed by atoms with Crippen LogP contribution in [0.3, 0.4) is 0 Å². The van der Waals surface area contributed by atoms with Crippen molar-refractivity contribution in [2.75, 3.05) is 7.05 Å². The molecule has 0 aliphatic carbocycles. The van der Waals surface area contributed by atoms with Crippen LogP contribution in [0.25, 0.3) is 0 Å². The molecule has 2 amide bonds. The van der Waals surface area contributed by atoms with Gasteiger partial charge in [-0.3, -0.25) is 4.79 Å². The Morgan fingerprint density at radius 2 is 1.58 bits per heavy atom. The van der Waals surface area contributed by atoms with Crippen LogP contribution in [0.2, 0.25) is 0 Å². The summed E-state index contributed by atoms with van der Waals surface area (Å²) < 4.78 is 34.1. The maximum Gasteiger partial charge on any atom is 0.408 e. The molecule has 186 valence electrons. The van der Waals surface area contributed by atoms with E-state index in [2.05, 4.69) is 21.2 Å². The fraction of sp³-hybridized carbons (Fsp3) is 0.192. The van der Waals surface area contributed by atoms with E-state index in [4.69, 9.17) is 4.74 Å². The van der Waals surface area contributed by atoms with Crippen molar-refractivity contribution in [3.05, 3.63) is 106 Å². The monoisotopic (exact) mass is 556 g/mol. The molecular weight excluding hydrogens is 534 g/mol. The number of carbonyl (C=O) groups is 2. The molecule has 0 radical (unpaired) electrons. The van der Waals surface area contributed by atoms with Gasteiger partial charge < -0.3 is 10.1 Å². The SMILES string of the molecule is CN(C(=O)[C@H](Cc1ccccc1)NC(=O)OCc1ccccc1)N(C#N)Cc1c(F)cc(Br)cc1F. The molecule has 0 saturated heterocycles. The van der Waals surface area contributed by atoms with Crippen molar-refractivity contribution in [2.45, 2.75) is 25.6 Å². The van der Waals surface area contributed by atoms with E-state index in [1.165, 1.54) is 7.05 Å². The van der Waals surface area contributed by atoms with Crippen LogP contribution in [0.1, 0.15) is 16.7 Å². The van der Waals surface area contributed by atoms with Crippen molar-refractivity contribution in [1.29, 1.82) is 5.26 Å². The number of hydrogen-bond acceptors (Lipinski definition) is 5. The average Bonchev–Trinajstić information content (AvgIpc) is 2.87. The van der Waals surface area contributed by atoms with E-state index in [1.54, 1.807) is 54.7 Å². The molecule has 1 N–H and O–H groups in total. The third-order valence-corrected chi connectivity index (χ3v) is 5.75. The minimum atomic E-state index is -1.11. The van der Waals surface area contributed by atoms with E-state index >= 15 is 0 Å². The third-order valence-electron chi connectivity index (χ3n) is 5.30. The van der Waals surface area contributed by atoms with Gasteiger partial charge in [-0.15, -0.1) is 0 Å². The maximum atomic E-state index is 14.3. The van der Waals surface area contributed by atoms with Gasteiger partial charge >= 0.3 is 6.09 Å². The van der Waals surface area contributed by atoms with Crippen molar-refractivity contribution in [2.24, 2.45) is 0 Å². The Morgan fingerprint density at radius 3 is 2.14 bits per heavy atom. The molecule has 3 aromatic carbocycles. The van der Waals surface area contributed by atoms with Crippen LogP contribution in [0.15, 0.2) is 77.3 Å². The van der Waals surface area contributed by atoms with Crippen molar-refractivity contribution in [1.82, 2.24) is 15.3 Å². The summed E-state index contributed by atoms with van der Waals surface area (Å²) >= 11 is 3.01. The molecule has 3 rings (SSSR count). The first-order valence-electron chi connectivity index (χ1n) is 10.9. The molecule has 7 nitrogen and oxygen atoms in total. The molecule has 0 heterocycles. The number of benzene rings is 3. The summed E-state index contributed by atoms with van der Waals surface area (Å²) in [5.74, 6) is -2.41. The highest BCUT2D eigenvalue weighted by Gasteiger charge is 2.29. The second kappa shape index (κ2) is 12.7. The van der Waals surface area contributed by atoms with E-state index < -0.39 is 36.2 Å². The summed E-state index contributed by atoms with van der Waals surface area (Å²) in [5, 5.41) is 13.9. The van der Waals surface area contributed by atoms with E-state index in [9.17, 15) is 23.6 Å². The van der Waals surface area contributed by atoms with E-state index in [1.807, 2.05) is 12.1 Å². The van der Waals surface area contributed by atoms with E-state index in [0.29, 0.717) is 0 Å². The lowest BCUT2D eigenvalue weighted by Gasteiger charge is -2.30. The minimum Gasteiger partial charge on any atom is -0.445 e.